The molecule has 4 nitrogen and oxygen atoms in total. The van der Waals surface area contributed by atoms with Crippen LogP contribution in [0.4, 0.5) is 0 Å². The van der Waals surface area contributed by atoms with Crippen LogP contribution >= 0.6 is 0 Å². The zero-order valence-electron chi connectivity index (χ0n) is 12.2. The van der Waals surface area contributed by atoms with Gasteiger partial charge in [0.25, 0.3) is 0 Å². The maximum Gasteiger partial charge on any atom is 0.0847 e. The van der Waals surface area contributed by atoms with E-state index in [0.29, 0.717) is 5.92 Å². The second-order valence-corrected chi connectivity index (χ2v) is 5.59. The number of ether oxygens (including phenoxy) is 2. The molecule has 0 spiro atoms. The topological polar surface area (TPSA) is 56.5 Å². The Bertz CT molecular complexity index is 216. The first-order valence-electron chi connectivity index (χ1n) is 7.20. The predicted molar refractivity (Wildman–Crippen MR) is 74.2 cm³/mol. The summed E-state index contributed by atoms with van der Waals surface area (Å²) >= 11 is 0. The van der Waals surface area contributed by atoms with Crippen LogP contribution in [0, 0.1) is 5.92 Å². The Morgan fingerprint density at radius 1 is 1.17 bits per heavy atom. The third-order valence-electron chi connectivity index (χ3n) is 4.45. The lowest BCUT2D eigenvalue weighted by molar-refractivity contribution is -0.0686. The van der Waals surface area contributed by atoms with Gasteiger partial charge in [0.1, 0.15) is 0 Å². The highest BCUT2D eigenvalue weighted by atomic mass is 16.5. The largest absolute Gasteiger partial charge is 0.385 e. The van der Waals surface area contributed by atoms with E-state index in [1.165, 1.54) is 25.7 Å². The second-order valence-electron chi connectivity index (χ2n) is 5.59. The Morgan fingerprint density at radius 2 is 1.78 bits per heavy atom. The average Bonchev–Trinajstić information content (AvgIpc) is 2.63. The Kier molecular flexibility index (Phi) is 7.15. The van der Waals surface area contributed by atoms with Crippen molar-refractivity contribution in [1.29, 1.82) is 0 Å². The van der Waals surface area contributed by atoms with Gasteiger partial charge in [0, 0.05) is 20.8 Å². The van der Waals surface area contributed by atoms with Crippen LogP contribution in [0.1, 0.15) is 51.9 Å². The van der Waals surface area contributed by atoms with Gasteiger partial charge in [-0.3, -0.25) is 11.3 Å². The Morgan fingerprint density at radius 3 is 2.22 bits per heavy atom. The molecule has 2 unspecified atom stereocenters. The molecule has 3 N–H and O–H groups in total. The van der Waals surface area contributed by atoms with Gasteiger partial charge in [-0.05, 0) is 25.2 Å². The molecule has 1 fully saturated rings. The van der Waals surface area contributed by atoms with E-state index in [0.717, 1.165) is 25.9 Å². The smallest absolute Gasteiger partial charge is 0.0847 e. The molecule has 18 heavy (non-hydrogen) atoms. The molecule has 0 aromatic carbocycles. The third-order valence-corrected chi connectivity index (χ3v) is 4.45. The van der Waals surface area contributed by atoms with E-state index in [1.807, 2.05) is 7.11 Å². The van der Waals surface area contributed by atoms with Crippen LogP contribution in [-0.4, -0.2) is 32.5 Å². The normalized spacial score (nSPS) is 23.3. The highest BCUT2D eigenvalue weighted by Gasteiger charge is 2.41. The van der Waals surface area contributed by atoms with Crippen LogP contribution in [0.2, 0.25) is 0 Å². The standard InChI is InChI=1S/C14H30N2O2/c1-12(8-11-17-2)13(16-15)14(18-3)9-6-4-5-7-10-14/h12-13,16H,4-11,15H2,1-3H3. The summed E-state index contributed by atoms with van der Waals surface area (Å²) in [7, 11) is 3.58. The second kappa shape index (κ2) is 8.10. The molecule has 4 heteroatoms. The summed E-state index contributed by atoms with van der Waals surface area (Å²) in [5, 5.41) is 0. The lowest BCUT2D eigenvalue weighted by Crippen LogP contribution is -2.57. The number of methoxy groups -OCH3 is 2. The fraction of sp³-hybridized carbons (Fsp3) is 1.00. The highest BCUT2D eigenvalue weighted by molar-refractivity contribution is 4.96. The van der Waals surface area contributed by atoms with Gasteiger partial charge in [-0.25, -0.2) is 0 Å². The molecule has 0 amide bonds. The molecule has 1 rings (SSSR count). The van der Waals surface area contributed by atoms with E-state index in [-0.39, 0.29) is 11.6 Å². The van der Waals surface area contributed by atoms with Crippen molar-refractivity contribution in [2.45, 2.75) is 63.5 Å². The summed E-state index contributed by atoms with van der Waals surface area (Å²) in [4.78, 5) is 0. The van der Waals surface area contributed by atoms with Gasteiger partial charge < -0.3 is 9.47 Å². The van der Waals surface area contributed by atoms with Gasteiger partial charge >= 0.3 is 0 Å². The lowest BCUT2D eigenvalue weighted by Gasteiger charge is -2.42. The molecule has 1 aliphatic rings. The quantitative estimate of drug-likeness (QED) is 0.418. The summed E-state index contributed by atoms with van der Waals surface area (Å²) in [6, 6.07) is 0.204. The molecule has 0 radical (unpaired) electrons. The van der Waals surface area contributed by atoms with Crippen molar-refractivity contribution < 1.29 is 9.47 Å². The maximum absolute atomic E-state index is 5.93. The van der Waals surface area contributed by atoms with E-state index >= 15 is 0 Å². The molecular formula is C14H30N2O2. The minimum atomic E-state index is -0.0988. The molecule has 0 heterocycles. The molecule has 2 atom stereocenters. The van der Waals surface area contributed by atoms with E-state index in [4.69, 9.17) is 15.3 Å². The van der Waals surface area contributed by atoms with Gasteiger partial charge in [-0.1, -0.05) is 32.6 Å². The number of hydrazine groups is 1. The highest BCUT2D eigenvalue weighted by Crippen LogP contribution is 2.36. The van der Waals surface area contributed by atoms with Crippen molar-refractivity contribution in [3.05, 3.63) is 0 Å². The monoisotopic (exact) mass is 258 g/mol. The summed E-state index contributed by atoms with van der Waals surface area (Å²) in [6.45, 7) is 3.01. The Hall–Kier alpha value is -0.160. The molecule has 1 aliphatic carbocycles. The molecule has 0 bridgehead atoms. The first kappa shape index (κ1) is 15.9. The van der Waals surface area contributed by atoms with Crippen LogP contribution in [0.3, 0.4) is 0 Å². The zero-order chi connectivity index (χ0) is 13.4. The lowest BCUT2D eigenvalue weighted by atomic mass is 9.79. The van der Waals surface area contributed by atoms with Crippen molar-refractivity contribution in [3.63, 3.8) is 0 Å². The van der Waals surface area contributed by atoms with Gasteiger partial charge in [0.05, 0.1) is 11.6 Å². The Labute approximate surface area is 112 Å². The van der Waals surface area contributed by atoms with Crippen LogP contribution in [0.15, 0.2) is 0 Å². The molecular weight excluding hydrogens is 228 g/mol. The molecule has 0 aromatic heterocycles. The number of nitrogens with two attached hydrogens (primary N) is 1. The molecule has 108 valence electrons. The summed E-state index contributed by atoms with van der Waals surface area (Å²) in [5.41, 5.74) is 2.92. The van der Waals surface area contributed by atoms with Crippen LogP contribution < -0.4 is 11.3 Å². The predicted octanol–water partition coefficient (Wildman–Crippen LogP) is 2.23. The first-order valence-corrected chi connectivity index (χ1v) is 7.20. The molecule has 0 aromatic rings. The number of nitrogens with one attached hydrogen (secondary N) is 1. The average molecular weight is 258 g/mol. The van der Waals surface area contributed by atoms with Gasteiger partial charge in [-0.2, -0.15) is 0 Å². The van der Waals surface area contributed by atoms with E-state index in [9.17, 15) is 0 Å². The van der Waals surface area contributed by atoms with Gasteiger partial charge in [-0.15, -0.1) is 0 Å². The van der Waals surface area contributed by atoms with Crippen molar-refractivity contribution in [1.82, 2.24) is 5.43 Å². The maximum atomic E-state index is 5.93. The number of hydrogen-bond acceptors (Lipinski definition) is 4. The van der Waals surface area contributed by atoms with Crippen LogP contribution in [-0.2, 0) is 9.47 Å². The minimum absolute atomic E-state index is 0.0988. The van der Waals surface area contributed by atoms with Crippen molar-refractivity contribution >= 4 is 0 Å². The van der Waals surface area contributed by atoms with Gasteiger partial charge in [0.15, 0.2) is 0 Å². The van der Waals surface area contributed by atoms with Crippen molar-refractivity contribution in [2.24, 2.45) is 11.8 Å². The van der Waals surface area contributed by atoms with Crippen molar-refractivity contribution in [2.75, 3.05) is 20.8 Å². The first-order chi connectivity index (χ1) is 8.70. The van der Waals surface area contributed by atoms with Crippen LogP contribution in [0.25, 0.3) is 0 Å². The fourth-order valence-corrected chi connectivity index (χ4v) is 3.27. The minimum Gasteiger partial charge on any atom is -0.385 e. The number of rotatable bonds is 7. The SMILES string of the molecule is COCCC(C)C(NN)C1(OC)CCCCCC1. The summed E-state index contributed by atoms with van der Waals surface area (Å²) in [6.07, 6.45) is 8.33. The summed E-state index contributed by atoms with van der Waals surface area (Å²) in [5.74, 6) is 6.27. The summed E-state index contributed by atoms with van der Waals surface area (Å²) < 4.78 is 11.1. The van der Waals surface area contributed by atoms with E-state index in [1.54, 1.807) is 7.11 Å². The van der Waals surface area contributed by atoms with E-state index in [2.05, 4.69) is 12.3 Å². The van der Waals surface area contributed by atoms with E-state index < -0.39 is 0 Å². The Balaban J connectivity index is 2.73. The zero-order valence-corrected chi connectivity index (χ0v) is 12.2. The molecule has 0 saturated heterocycles. The van der Waals surface area contributed by atoms with Crippen molar-refractivity contribution in [3.8, 4) is 0 Å². The van der Waals surface area contributed by atoms with Gasteiger partial charge in [0.2, 0.25) is 0 Å². The molecule has 1 saturated carbocycles. The number of hydrogen-bond donors (Lipinski definition) is 2. The third kappa shape index (κ3) is 3.92. The fourth-order valence-electron chi connectivity index (χ4n) is 3.27. The van der Waals surface area contributed by atoms with Crippen LogP contribution in [0.5, 0.6) is 0 Å². The molecule has 0 aliphatic heterocycles.